The van der Waals surface area contributed by atoms with Crippen LogP contribution in [0.15, 0.2) is 36.4 Å². The molecule has 4 heteroatoms. The average Bonchev–Trinajstić information content (AvgIpc) is 2.35. The number of nitrogens with zero attached hydrogens (tertiary/aromatic N) is 1. The maximum Gasteiger partial charge on any atom is 0.285 e. The number of imide groups is 1. The first-order chi connectivity index (χ1) is 8.18. The van der Waals surface area contributed by atoms with Gasteiger partial charge in [0.1, 0.15) is 0 Å². The minimum atomic E-state index is -0.645. The molecule has 0 aliphatic carbocycles. The van der Waals surface area contributed by atoms with Gasteiger partial charge in [-0.15, -0.1) is 0 Å². The van der Waals surface area contributed by atoms with Crippen LogP contribution >= 0.6 is 0 Å². The van der Waals surface area contributed by atoms with Gasteiger partial charge in [0.15, 0.2) is 0 Å². The van der Waals surface area contributed by atoms with Crippen molar-refractivity contribution in [1.82, 2.24) is 5.06 Å². The van der Waals surface area contributed by atoms with Crippen molar-refractivity contribution in [2.24, 2.45) is 0 Å². The van der Waals surface area contributed by atoms with Crippen LogP contribution in [0.1, 0.15) is 15.9 Å². The first-order valence-corrected chi connectivity index (χ1v) is 5.25. The van der Waals surface area contributed by atoms with E-state index in [0.717, 1.165) is 10.8 Å². The predicted octanol–water partition coefficient (Wildman–Crippen LogP) is 1.75. The third kappa shape index (κ3) is 1.34. The second kappa shape index (κ2) is 3.40. The summed E-state index contributed by atoms with van der Waals surface area (Å²) in [6.07, 6.45) is 0.0579. The molecule has 0 unspecified atom stereocenters. The topological polar surface area (TPSA) is 57.6 Å². The Morgan fingerprint density at radius 3 is 2.65 bits per heavy atom. The molecule has 2 aromatic rings. The number of rotatable bonds is 0. The molecule has 0 saturated carbocycles. The highest BCUT2D eigenvalue weighted by atomic mass is 16.5. The number of amides is 2. The molecule has 4 nitrogen and oxygen atoms in total. The van der Waals surface area contributed by atoms with Crippen LogP contribution in [0, 0.1) is 0 Å². The fourth-order valence-corrected chi connectivity index (χ4v) is 2.17. The van der Waals surface area contributed by atoms with Crippen molar-refractivity contribution in [3.63, 3.8) is 0 Å². The zero-order valence-corrected chi connectivity index (χ0v) is 8.88. The molecule has 1 aliphatic rings. The Labute approximate surface area is 97.0 Å². The predicted molar refractivity (Wildman–Crippen MR) is 60.6 cm³/mol. The van der Waals surface area contributed by atoms with Crippen molar-refractivity contribution in [3.8, 4) is 0 Å². The molecular weight excluding hydrogens is 218 g/mol. The third-order valence-electron chi connectivity index (χ3n) is 3.00. The van der Waals surface area contributed by atoms with E-state index in [2.05, 4.69) is 0 Å². The van der Waals surface area contributed by atoms with Crippen LogP contribution in [-0.2, 0) is 11.2 Å². The lowest BCUT2D eigenvalue weighted by Gasteiger charge is -2.22. The molecular formula is C13H9NO3. The molecule has 0 fully saturated rings. The Hall–Kier alpha value is -2.20. The number of hydrogen-bond acceptors (Lipinski definition) is 3. The second-order valence-electron chi connectivity index (χ2n) is 4.01. The van der Waals surface area contributed by atoms with E-state index < -0.39 is 11.8 Å². The fraction of sp³-hybridized carbons (Fsp3) is 0.0769. The quantitative estimate of drug-likeness (QED) is 0.551. The number of fused-ring (bicyclic) bond motifs is 3. The lowest BCUT2D eigenvalue weighted by Crippen LogP contribution is -2.39. The van der Waals surface area contributed by atoms with Crippen LogP contribution in [0.5, 0.6) is 0 Å². The molecule has 17 heavy (non-hydrogen) atoms. The Morgan fingerprint density at radius 2 is 1.82 bits per heavy atom. The Kier molecular flexibility index (Phi) is 2.00. The van der Waals surface area contributed by atoms with Crippen LogP contribution < -0.4 is 0 Å². The summed E-state index contributed by atoms with van der Waals surface area (Å²) in [6, 6.07) is 11.1. The van der Waals surface area contributed by atoms with Gasteiger partial charge in [0.05, 0.1) is 12.0 Å². The highest BCUT2D eigenvalue weighted by Crippen LogP contribution is 2.27. The monoisotopic (exact) mass is 227 g/mol. The van der Waals surface area contributed by atoms with Gasteiger partial charge >= 0.3 is 0 Å². The molecule has 0 saturated heterocycles. The smallest absolute Gasteiger partial charge is 0.278 e. The zero-order valence-electron chi connectivity index (χ0n) is 8.88. The summed E-state index contributed by atoms with van der Waals surface area (Å²) in [5.74, 6) is -1.23. The molecule has 0 radical (unpaired) electrons. The highest BCUT2D eigenvalue weighted by molar-refractivity contribution is 6.15. The second-order valence-corrected chi connectivity index (χ2v) is 4.01. The first-order valence-electron chi connectivity index (χ1n) is 5.25. The van der Waals surface area contributed by atoms with Crippen molar-refractivity contribution in [2.75, 3.05) is 0 Å². The normalized spacial score (nSPS) is 15.2. The molecule has 0 bridgehead atoms. The lowest BCUT2D eigenvalue weighted by atomic mass is 9.93. The summed E-state index contributed by atoms with van der Waals surface area (Å²) in [6.45, 7) is 0. The summed E-state index contributed by atoms with van der Waals surface area (Å²) < 4.78 is 0. The number of carbonyl (C=O) groups is 2. The van der Waals surface area contributed by atoms with E-state index in [4.69, 9.17) is 0 Å². The van der Waals surface area contributed by atoms with Crippen LogP contribution in [0.3, 0.4) is 0 Å². The number of hydroxylamine groups is 2. The van der Waals surface area contributed by atoms with Gasteiger partial charge in [-0.3, -0.25) is 14.8 Å². The summed E-state index contributed by atoms with van der Waals surface area (Å²) in [7, 11) is 0. The molecule has 0 atom stereocenters. The molecule has 1 N–H and O–H groups in total. The van der Waals surface area contributed by atoms with E-state index in [1.54, 1.807) is 6.07 Å². The Bertz CT molecular complexity index is 648. The van der Waals surface area contributed by atoms with Crippen molar-refractivity contribution < 1.29 is 14.8 Å². The van der Waals surface area contributed by atoms with Gasteiger partial charge in [-0.2, -0.15) is 5.06 Å². The summed E-state index contributed by atoms with van der Waals surface area (Å²) in [5.41, 5.74) is 1.09. The number of benzene rings is 2. The van der Waals surface area contributed by atoms with E-state index in [-0.39, 0.29) is 11.5 Å². The number of carbonyl (C=O) groups excluding carboxylic acids is 2. The van der Waals surface area contributed by atoms with Crippen LogP contribution in [0.2, 0.25) is 0 Å². The van der Waals surface area contributed by atoms with Crippen LogP contribution in [-0.4, -0.2) is 22.1 Å². The zero-order chi connectivity index (χ0) is 12.0. The first kappa shape index (κ1) is 9.99. The Balaban J connectivity index is 2.36. The minimum Gasteiger partial charge on any atom is -0.278 e. The molecule has 84 valence electrons. The molecule has 3 rings (SSSR count). The van der Waals surface area contributed by atoms with E-state index in [1.807, 2.05) is 30.3 Å². The lowest BCUT2D eigenvalue weighted by molar-refractivity contribution is -0.153. The summed E-state index contributed by atoms with van der Waals surface area (Å²) >= 11 is 0. The van der Waals surface area contributed by atoms with Gasteiger partial charge in [0, 0.05) is 0 Å². The highest BCUT2D eigenvalue weighted by Gasteiger charge is 2.31. The van der Waals surface area contributed by atoms with E-state index in [1.165, 1.54) is 0 Å². The maximum atomic E-state index is 11.9. The molecule has 0 aromatic heterocycles. The van der Waals surface area contributed by atoms with Crippen molar-refractivity contribution in [3.05, 3.63) is 47.5 Å². The van der Waals surface area contributed by atoms with Gasteiger partial charge in [-0.05, 0) is 16.3 Å². The van der Waals surface area contributed by atoms with Gasteiger partial charge in [0.2, 0.25) is 0 Å². The van der Waals surface area contributed by atoms with E-state index in [0.29, 0.717) is 11.1 Å². The largest absolute Gasteiger partial charge is 0.285 e. The summed E-state index contributed by atoms with van der Waals surface area (Å²) in [5, 5.41) is 11.3. The standard InChI is InChI=1S/C13H9NO3/c15-11-7-9-6-5-8-3-1-2-4-10(8)12(9)13(16)14(11)17/h1-6,17H,7H2. The van der Waals surface area contributed by atoms with Gasteiger partial charge < -0.3 is 0 Å². The molecule has 0 spiro atoms. The summed E-state index contributed by atoms with van der Waals surface area (Å²) in [4.78, 5) is 23.3. The molecule has 1 heterocycles. The van der Waals surface area contributed by atoms with Crippen molar-refractivity contribution >= 4 is 22.6 Å². The van der Waals surface area contributed by atoms with Gasteiger partial charge in [-0.1, -0.05) is 36.4 Å². The fourth-order valence-electron chi connectivity index (χ4n) is 2.17. The molecule has 2 aromatic carbocycles. The minimum absolute atomic E-state index is 0.0579. The van der Waals surface area contributed by atoms with Crippen LogP contribution in [0.25, 0.3) is 10.8 Å². The van der Waals surface area contributed by atoms with Crippen LogP contribution in [0.4, 0.5) is 0 Å². The molecule has 2 amide bonds. The van der Waals surface area contributed by atoms with E-state index >= 15 is 0 Å². The van der Waals surface area contributed by atoms with Crippen molar-refractivity contribution in [2.45, 2.75) is 6.42 Å². The SMILES string of the molecule is O=C1Cc2ccc3ccccc3c2C(=O)N1O. The average molecular weight is 227 g/mol. The van der Waals surface area contributed by atoms with Gasteiger partial charge in [0.25, 0.3) is 11.8 Å². The van der Waals surface area contributed by atoms with Gasteiger partial charge in [-0.25, -0.2) is 0 Å². The maximum absolute atomic E-state index is 11.9. The van der Waals surface area contributed by atoms with E-state index in [9.17, 15) is 14.8 Å². The van der Waals surface area contributed by atoms with Crippen molar-refractivity contribution in [1.29, 1.82) is 0 Å². The number of hydrogen-bond donors (Lipinski definition) is 1. The third-order valence-corrected chi connectivity index (χ3v) is 3.00. The Morgan fingerprint density at radius 1 is 1.06 bits per heavy atom. The molecule has 1 aliphatic heterocycles.